The van der Waals surface area contributed by atoms with Gasteiger partial charge in [0.25, 0.3) is 5.97 Å². The van der Waals surface area contributed by atoms with Crippen molar-refractivity contribution < 1.29 is 53.7 Å². The molecule has 0 bridgehead atoms. The number of carboxylic acids is 1. The SMILES string of the molecule is CC(=O)O.CO.O.O.O.O.[Co]. The molecule has 0 aromatic rings. The first-order chi connectivity index (χ1) is 2.73. The van der Waals surface area contributed by atoms with E-state index in [1.54, 1.807) is 0 Å². The van der Waals surface area contributed by atoms with Crippen LogP contribution in [0.1, 0.15) is 6.92 Å². The first kappa shape index (κ1) is 72.2. The fourth-order valence-corrected chi connectivity index (χ4v) is 0. The van der Waals surface area contributed by atoms with Crippen LogP contribution in [0.3, 0.4) is 0 Å². The third-order valence-corrected chi connectivity index (χ3v) is 0. The second-order valence-corrected chi connectivity index (χ2v) is 0.519. The van der Waals surface area contributed by atoms with Crippen molar-refractivity contribution in [1.29, 1.82) is 0 Å². The summed E-state index contributed by atoms with van der Waals surface area (Å²) in [5.41, 5.74) is 0. The Balaban J connectivity index is -0.00000000432. The maximum Gasteiger partial charge on any atom is 0.300 e. The van der Waals surface area contributed by atoms with Crippen molar-refractivity contribution in [3.8, 4) is 0 Å². The van der Waals surface area contributed by atoms with Crippen LogP contribution in [0.5, 0.6) is 0 Å². The van der Waals surface area contributed by atoms with Gasteiger partial charge in [0.1, 0.15) is 0 Å². The maximum absolute atomic E-state index is 9.00. The van der Waals surface area contributed by atoms with E-state index < -0.39 is 5.97 Å². The molecule has 79 valence electrons. The molecule has 0 spiro atoms. The summed E-state index contributed by atoms with van der Waals surface area (Å²) < 4.78 is 0. The predicted molar refractivity (Wildman–Crippen MR) is 35.9 cm³/mol. The summed E-state index contributed by atoms with van der Waals surface area (Å²) in [7, 11) is 1.00. The molecule has 10 N–H and O–H groups in total. The van der Waals surface area contributed by atoms with Crippen LogP contribution in [0.4, 0.5) is 0 Å². The molecule has 0 aromatic carbocycles. The molecule has 1 radical (unpaired) electrons. The number of hydrogen-bond acceptors (Lipinski definition) is 2. The first-order valence-corrected chi connectivity index (χ1v) is 1.37. The van der Waals surface area contributed by atoms with Crippen LogP contribution in [-0.4, -0.2) is 45.2 Å². The number of hydrogen-bond donors (Lipinski definition) is 2. The van der Waals surface area contributed by atoms with E-state index in [2.05, 4.69) is 0 Å². The number of aliphatic hydroxyl groups is 1. The van der Waals surface area contributed by atoms with Gasteiger partial charge < -0.3 is 32.1 Å². The maximum atomic E-state index is 9.00. The van der Waals surface area contributed by atoms with Gasteiger partial charge in [-0.3, -0.25) is 4.79 Å². The van der Waals surface area contributed by atoms with Crippen LogP contribution < -0.4 is 0 Å². The van der Waals surface area contributed by atoms with Crippen LogP contribution in [0.2, 0.25) is 0 Å². The van der Waals surface area contributed by atoms with Gasteiger partial charge in [-0.25, -0.2) is 0 Å². The van der Waals surface area contributed by atoms with Gasteiger partial charge in [-0.15, -0.1) is 0 Å². The average molecular weight is 223 g/mol. The number of aliphatic hydroxyl groups excluding tert-OH is 1. The van der Waals surface area contributed by atoms with E-state index in [-0.39, 0.29) is 38.7 Å². The Morgan fingerprint density at radius 1 is 1.00 bits per heavy atom. The van der Waals surface area contributed by atoms with Crippen molar-refractivity contribution in [2.24, 2.45) is 0 Å². The monoisotopic (exact) mass is 223 g/mol. The van der Waals surface area contributed by atoms with E-state index in [4.69, 9.17) is 15.0 Å². The summed E-state index contributed by atoms with van der Waals surface area (Å²) in [6.45, 7) is 1.08. The molecule has 0 fully saturated rings. The Hall–Kier alpha value is -0.224. The Bertz CT molecular complexity index is 36.7. The molecule has 7 nitrogen and oxygen atoms in total. The Kier molecular flexibility index (Phi) is 641. The van der Waals surface area contributed by atoms with Gasteiger partial charge in [-0.1, -0.05) is 0 Å². The quantitative estimate of drug-likeness (QED) is 0.430. The molecule has 0 amide bonds. The Morgan fingerprint density at radius 3 is 1.00 bits per heavy atom. The summed E-state index contributed by atoms with van der Waals surface area (Å²) >= 11 is 0. The number of rotatable bonds is 0. The Morgan fingerprint density at radius 2 is 1.00 bits per heavy atom. The zero-order chi connectivity index (χ0) is 5.58. The minimum absolute atomic E-state index is 0. The van der Waals surface area contributed by atoms with Crippen LogP contribution in [0.25, 0.3) is 0 Å². The second kappa shape index (κ2) is 97.7. The van der Waals surface area contributed by atoms with Crippen molar-refractivity contribution in [2.75, 3.05) is 7.11 Å². The molecule has 0 saturated heterocycles. The molecule has 0 rings (SSSR count). The normalized spacial score (nSPS) is 2.82. The van der Waals surface area contributed by atoms with E-state index >= 15 is 0 Å². The number of carboxylic acid groups (broad SMARTS) is 1. The van der Waals surface area contributed by atoms with Crippen molar-refractivity contribution >= 4 is 5.97 Å². The van der Waals surface area contributed by atoms with Gasteiger partial charge in [-0.2, -0.15) is 0 Å². The van der Waals surface area contributed by atoms with Gasteiger partial charge in [0.15, 0.2) is 0 Å². The molecule has 11 heavy (non-hydrogen) atoms. The van der Waals surface area contributed by atoms with Gasteiger partial charge >= 0.3 is 0 Å². The summed E-state index contributed by atoms with van der Waals surface area (Å²) in [4.78, 5) is 9.00. The van der Waals surface area contributed by atoms with Gasteiger partial charge in [0.05, 0.1) is 0 Å². The molecular weight excluding hydrogens is 207 g/mol. The molecule has 0 saturated carbocycles. The molecule has 0 heterocycles. The molecule has 0 atom stereocenters. The summed E-state index contributed by atoms with van der Waals surface area (Å²) in [5, 5.41) is 14.4. The first-order valence-electron chi connectivity index (χ1n) is 1.37. The number of carbonyl (C=O) groups is 1. The Labute approximate surface area is 74.5 Å². The topological polar surface area (TPSA) is 184 Å². The van der Waals surface area contributed by atoms with Crippen LogP contribution in [0, 0.1) is 0 Å². The third-order valence-electron chi connectivity index (χ3n) is 0. The number of aliphatic carboxylic acids is 1. The zero-order valence-electron chi connectivity index (χ0n) is 6.14. The van der Waals surface area contributed by atoms with E-state index in [1.165, 1.54) is 0 Å². The summed E-state index contributed by atoms with van der Waals surface area (Å²) in [6.07, 6.45) is 0. The van der Waals surface area contributed by atoms with E-state index in [0.29, 0.717) is 0 Å². The molecule has 0 aromatic heterocycles. The van der Waals surface area contributed by atoms with Crippen molar-refractivity contribution in [2.45, 2.75) is 6.92 Å². The summed E-state index contributed by atoms with van der Waals surface area (Å²) in [5.74, 6) is -0.833. The molecule has 0 aliphatic rings. The standard InChI is InChI=1S/C2H4O2.CH4O.Co.4H2O/c1-2(3)4;1-2;;;;;/h1H3,(H,3,4);2H,1H3;;4*1H2. The smallest absolute Gasteiger partial charge is 0.300 e. The fraction of sp³-hybridized carbons (Fsp3) is 0.667. The second-order valence-electron chi connectivity index (χ2n) is 0.519. The third kappa shape index (κ3) is 11800. The summed E-state index contributed by atoms with van der Waals surface area (Å²) in [6, 6.07) is 0. The van der Waals surface area contributed by atoms with E-state index in [1.807, 2.05) is 0 Å². The van der Waals surface area contributed by atoms with E-state index in [0.717, 1.165) is 14.0 Å². The minimum atomic E-state index is -0.833. The van der Waals surface area contributed by atoms with Gasteiger partial charge in [-0.05, 0) is 0 Å². The molecule has 0 unspecified atom stereocenters. The van der Waals surface area contributed by atoms with Crippen LogP contribution in [0.15, 0.2) is 0 Å². The molecule has 0 aliphatic carbocycles. The van der Waals surface area contributed by atoms with Gasteiger partial charge in [0.2, 0.25) is 0 Å². The van der Waals surface area contributed by atoms with E-state index in [9.17, 15) is 0 Å². The average Bonchev–Trinajstić information content (AvgIpc) is 1.41. The van der Waals surface area contributed by atoms with Gasteiger partial charge in [0, 0.05) is 30.8 Å². The zero-order valence-corrected chi connectivity index (χ0v) is 7.18. The van der Waals surface area contributed by atoms with Crippen LogP contribution in [-0.2, 0) is 21.6 Å². The minimum Gasteiger partial charge on any atom is -0.481 e. The van der Waals surface area contributed by atoms with Crippen molar-refractivity contribution in [3.63, 3.8) is 0 Å². The molecular formula is C3H16CoO7. The largest absolute Gasteiger partial charge is 0.481 e. The van der Waals surface area contributed by atoms with Crippen molar-refractivity contribution in [3.05, 3.63) is 0 Å². The predicted octanol–water partition coefficient (Wildman–Crippen LogP) is -3.60. The fourth-order valence-electron chi connectivity index (χ4n) is 0. The van der Waals surface area contributed by atoms with Crippen molar-refractivity contribution in [1.82, 2.24) is 0 Å². The molecule has 0 aliphatic heterocycles. The van der Waals surface area contributed by atoms with Crippen LogP contribution >= 0.6 is 0 Å². The molecule has 8 heteroatoms.